The van der Waals surface area contributed by atoms with Crippen LogP contribution in [0.2, 0.25) is 5.02 Å². The number of rotatable bonds is 3. The number of nitrogens with zero attached hydrogens (tertiary/aromatic N) is 1. The number of phenols is 1. The number of amides is 1. The molecule has 18 heavy (non-hydrogen) atoms. The number of halogens is 1. The first-order valence-corrected chi connectivity index (χ1v) is 5.70. The minimum atomic E-state index is -0.150. The monoisotopic (exact) mass is 262 g/mol. The Labute approximate surface area is 109 Å². The molecular weight excluding hydrogens is 252 g/mol. The number of carbonyl (C=O) groups is 1. The number of nitrogens with one attached hydrogen (secondary N) is 1. The van der Waals surface area contributed by atoms with E-state index in [1.807, 2.05) is 0 Å². The maximum absolute atomic E-state index is 11.7. The average Bonchev–Trinajstić information content (AvgIpc) is 2.35. The van der Waals surface area contributed by atoms with Crippen LogP contribution in [0.3, 0.4) is 0 Å². The molecule has 92 valence electrons. The lowest BCUT2D eigenvalue weighted by molar-refractivity contribution is -0.115. The zero-order valence-corrected chi connectivity index (χ0v) is 10.2. The van der Waals surface area contributed by atoms with Gasteiger partial charge in [0.15, 0.2) is 0 Å². The van der Waals surface area contributed by atoms with Crippen LogP contribution >= 0.6 is 11.6 Å². The third-order valence-electron chi connectivity index (χ3n) is 2.35. The summed E-state index contributed by atoms with van der Waals surface area (Å²) in [6.07, 6.45) is 3.54. The second kappa shape index (κ2) is 5.51. The molecular formula is C13H11ClN2O2. The van der Waals surface area contributed by atoms with Crippen LogP contribution in [-0.4, -0.2) is 16.0 Å². The van der Waals surface area contributed by atoms with Crippen molar-refractivity contribution in [3.05, 3.63) is 53.3 Å². The number of phenolic OH excluding ortho intramolecular Hbond substituents is 1. The zero-order chi connectivity index (χ0) is 13.0. The van der Waals surface area contributed by atoms with Crippen LogP contribution in [0.15, 0.2) is 42.7 Å². The van der Waals surface area contributed by atoms with Crippen molar-refractivity contribution in [2.24, 2.45) is 0 Å². The third-order valence-corrected chi connectivity index (χ3v) is 2.65. The van der Waals surface area contributed by atoms with Gasteiger partial charge in [0.05, 0.1) is 11.4 Å². The van der Waals surface area contributed by atoms with Gasteiger partial charge in [0.1, 0.15) is 5.75 Å². The number of hydrogen-bond donors (Lipinski definition) is 2. The van der Waals surface area contributed by atoms with Gasteiger partial charge in [0.25, 0.3) is 0 Å². The minimum absolute atomic E-state index is 0.0104. The van der Waals surface area contributed by atoms with Gasteiger partial charge in [-0.3, -0.25) is 9.78 Å². The van der Waals surface area contributed by atoms with Gasteiger partial charge in [-0.1, -0.05) is 11.6 Å². The highest BCUT2D eigenvalue weighted by atomic mass is 35.5. The Balaban J connectivity index is 2.01. The van der Waals surface area contributed by atoms with Gasteiger partial charge >= 0.3 is 0 Å². The average molecular weight is 263 g/mol. The van der Waals surface area contributed by atoms with Crippen LogP contribution in [0.25, 0.3) is 0 Å². The Kier molecular flexibility index (Phi) is 3.79. The second-order valence-corrected chi connectivity index (χ2v) is 4.15. The molecule has 0 saturated carbocycles. The first-order valence-electron chi connectivity index (χ1n) is 5.32. The molecule has 1 amide bonds. The lowest BCUT2D eigenvalue weighted by atomic mass is 10.2. The molecule has 0 bridgehead atoms. The number of carbonyl (C=O) groups excluding carboxylic acids is 1. The second-order valence-electron chi connectivity index (χ2n) is 3.75. The van der Waals surface area contributed by atoms with Crippen molar-refractivity contribution in [3.8, 4) is 5.75 Å². The molecule has 0 spiro atoms. The first kappa shape index (κ1) is 12.4. The van der Waals surface area contributed by atoms with E-state index in [9.17, 15) is 9.90 Å². The summed E-state index contributed by atoms with van der Waals surface area (Å²) in [5, 5.41) is 12.2. The quantitative estimate of drug-likeness (QED) is 0.836. The van der Waals surface area contributed by atoms with Crippen LogP contribution in [0, 0.1) is 0 Å². The molecule has 0 aliphatic heterocycles. The largest absolute Gasteiger partial charge is 0.506 e. The van der Waals surface area contributed by atoms with Crippen molar-refractivity contribution in [1.29, 1.82) is 0 Å². The highest BCUT2D eigenvalue weighted by molar-refractivity contribution is 6.32. The van der Waals surface area contributed by atoms with Crippen molar-refractivity contribution in [3.63, 3.8) is 0 Å². The molecule has 1 aromatic carbocycles. The van der Waals surface area contributed by atoms with Gasteiger partial charge in [-0.25, -0.2) is 0 Å². The Bertz CT molecular complexity index is 558. The van der Waals surface area contributed by atoms with Crippen molar-refractivity contribution >= 4 is 23.2 Å². The Morgan fingerprint density at radius 1 is 1.28 bits per heavy atom. The molecule has 2 N–H and O–H groups in total. The lowest BCUT2D eigenvalue weighted by Crippen LogP contribution is -2.14. The molecule has 0 radical (unpaired) electrons. The predicted octanol–water partition coefficient (Wildman–Crippen LogP) is 2.62. The molecule has 0 unspecified atom stereocenters. The van der Waals surface area contributed by atoms with Gasteiger partial charge in [0, 0.05) is 18.1 Å². The summed E-state index contributed by atoms with van der Waals surface area (Å²) in [5.41, 5.74) is 1.43. The lowest BCUT2D eigenvalue weighted by Gasteiger charge is -2.06. The fourth-order valence-corrected chi connectivity index (χ4v) is 1.66. The number of aromatic hydroxyl groups is 1. The normalized spacial score (nSPS) is 10.1. The van der Waals surface area contributed by atoms with Crippen molar-refractivity contribution in [2.75, 3.05) is 5.32 Å². The van der Waals surface area contributed by atoms with Crippen LogP contribution < -0.4 is 5.32 Å². The molecule has 5 heteroatoms. The van der Waals surface area contributed by atoms with E-state index in [1.165, 1.54) is 12.1 Å². The fourth-order valence-electron chi connectivity index (χ4n) is 1.48. The Morgan fingerprint density at radius 2 is 2.00 bits per heavy atom. The van der Waals surface area contributed by atoms with E-state index in [0.29, 0.717) is 5.69 Å². The number of pyridine rings is 1. The number of aromatic nitrogens is 1. The number of hydrogen-bond acceptors (Lipinski definition) is 3. The topological polar surface area (TPSA) is 62.2 Å². The molecule has 0 fully saturated rings. The van der Waals surface area contributed by atoms with Crippen LogP contribution in [0.1, 0.15) is 5.56 Å². The zero-order valence-electron chi connectivity index (χ0n) is 9.43. The van der Waals surface area contributed by atoms with E-state index in [-0.39, 0.29) is 23.1 Å². The summed E-state index contributed by atoms with van der Waals surface area (Å²) in [6.45, 7) is 0. The first-order chi connectivity index (χ1) is 8.65. The van der Waals surface area contributed by atoms with E-state index in [2.05, 4.69) is 10.3 Å². The summed E-state index contributed by atoms with van der Waals surface area (Å²) >= 11 is 5.75. The summed E-state index contributed by atoms with van der Waals surface area (Å²) in [4.78, 5) is 15.6. The molecule has 4 nitrogen and oxygen atoms in total. The number of anilines is 1. The smallest absolute Gasteiger partial charge is 0.228 e. The molecule has 0 aliphatic rings. The standard InChI is InChI=1S/C13H11ClN2O2/c14-11-8-10(1-2-12(11)17)16-13(18)7-9-3-5-15-6-4-9/h1-6,8,17H,7H2,(H,16,18). The Hall–Kier alpha value is -2.07. The molecule has 0 atom stereocenters. The van der Waals surface area contributed by atoms with Gasteiger partial charge in [0.2, 0.25) is 5.91 Å². The van der Waals surface area contributed by atoms with E-state index >= 15 is 0 Å². The van der Waals surface area contributed by atoms with E-state index < -0.39 is 0 Å². The van der Waals surface area contributed by atoms with E-state index in [4.69, 9.17) is 11.6 Å². The predicted molar refractivity (Wildman–Crippen MR) is 69.7 cm³/mol. The Morgan fingerprint density at radius 3 is 2.67 bits per heavy atom. The minimum Gasteiger partial charge on any atom is -0.506 e. The van der Waals surface area contributed by atoms with Gasteiger partial charge < -0.3 is 10.4 Å². The molecule has 0 saturated heterocycles. The molecule has 0 aliphatic carbocycles. The molecule has 2 aromatic rings. The highest BCUT2D eigenvalue weighted by Gasteiger charge is 2.05. The summed E-state index contributed by atoms with van der Waals surface area (Å²) in [6, 6.07) is 8.09. The van der Waals surface area contributed by atoms with Gasteiger partial charge in [-0.15, -0.1) is 0 Å². The van der Waals surface area contributed by atoms with Crippen molar-refractivity contribution in [2.45, 2.75) is 6.42 Å². The number of benzene rings is 1. The maximum Gasteiger partial charge on any atom is 0.228 e. The van der Waals surface area contributed by atoms with Gasteiger partial charge in [-0.05, 0) is 35.9 Å². The summed E-state index contributed by atoms with van der Waals surface area (Å²) in [5.74, 6) is -0.160. The fraction of sp³-hybridized carbons (Fsp3) is 0.0769. The van der Waals surface area contributed by atoms with E-state index in [0.717, 1.165) is 5.56 Å². The molecule has 2 rings (SSSR count). The third kappa shape index (κ3) is 3.21. The van der Waals surface area contributed by atoms with Crippen LogP contribution in [0.4, 0.5) is 5.69 Å². The van der Waals surface area contributed by atoms with Gasteiger partial charge in [-0.2, -0.15) is 0 Å². The van der Waals surface area contributed by atoms with Crippen molar-refractivity contribution < 1.29 is 9.90 Å². The molecule has 1 aromatic heterocycles. The SMILES string of the molecule is O=C(Cc1ccncc1)Nc1ccc(O)c(Cl)c1. The highest BCUT2D eigenvalue weighted by Crippen LogP contribution is 2.26. The van der Waals surface area contributed by atoms with Crippen molar-refractivity contribution in [1.82, 2.24) is 4.98 Å². The molecule has 1 heterocycles. The van der Waals surface area contributed by atoms with Crippen LogP contribution in [-0.2, 0) is 11.2 Å². The van der Waals surface area contributed by atoms with E-state index in [1.54, 1.807) is 30.6 Å². The van der Waals surface area contributed by atoms with Crippen LogP contribution in [0.5, 0.6) is 5.75 Å². The summed E-state index contributed by atoms with van der Waals surface area (Å²) in [7, 11) is 0. The summed E-state index contributed by atoms with van der Waals surface area (Å²) < 4.78 is 0. The maximum atomic E-state index is 11.7.